The SMILES string of the molecule is CNC(C)c1ccc(Oc2cc(F)cc(F)c2)c(Cl)c1. The Bertz CT molecular complexity index is 599. The van der Waals surface area contributed by atoms with Crippen molar-refractivity contribution in [2.75, 3.05) is 7.05 Å². The van der Waals surface area contributed by atoms with Crippen LogP contribution in [-0.4, -0.2) is 7.05 Å². The Balaban J connectivity index is 2.25. The minimum absolute atomic E-state index is 0.0683. The molecule has 5 heteroatoms. The van der Waals surface area contributed by atoms with E-state index in [1.165, 1.54) is 0 Å². The Labute approximate surface area is 121 Å². The highest BCUT2D eigenvalue weighted by Crippen LogP contribution is 2.32. The minimum atomic E-state index is -0.698. The first kappa shape index (κ1) is 14.8. The summed E-state index contributed by atoms with van der Waals surface area (Å²) in [4.78, 5) is 0. The van der Waals surface area contributed by atoms with Crippen LogP contribution in [0.15, 0.2) is 36.4 Å². The first-order chi connectivity index (χ1) is 9.49. The molecule has 0 bridgehead atoms. The fourth-order valence-corrected chi connectivity index (χ4v) is 1.98. The molecule has 0 fully saturated rings. The van der Waals surface area contributed by atoms with Crippen molar-refractivity contribution in [1.82, 2.24) is 5.32 Å². The van der Waals surface area contributed by atoms with E-state index in [0.717, 1.165) is 23.8 Å². The summed E-state index contributed by atoms with van der Waals surface area (Å²) in [5, 5.41) is 3.48. The van der Waals surface area contributed by atoms with Gasteiger partial charge in [0.2, 0.25) is 0 Å². The van der Waals surface area contributed by atoms with Crippen LogP contribution < -0.4 is 10.1 Å². The fraction of sp³-hybridized carbons (Fsp3) is 0.200. The van der Waals surface area contributed by atoms with Gasteiger partial charge in [0.05, 0.1) is 5.02 Å². The van der Waals surface area contributed by atoms with Gasteiger partial charge in [0.15, 0.2) is 0 Å². The third-order valence-electron chi connectivity index (χ3n) is 2.95. The number of hydrogen-bond donors (Lipinski definition) is 1. The maximum absolute atomic E-state index is 13.1. The van der Waals surface area contributed by atoms with Gasteiger partial charge in [0.25, 0.3) is 0 Å². The van der Waals surface area contributed by atoms with Crippen molar-refractivity contribution < 1.29 is 13.5 Å². The zero-order valence-electron chi connectivity index (χ0n) is 11.1. The van der Waals surface area contributed by atoms with Gasteiger partial charge in [0.1, 0.15) is 23.1 Å². The molecular formula is C15H14ClF2NO. The predicted octanol–water partition coefficient (Wildman–Crippen LogP) is 4.69. The molecule has 2 rings (SSSR count). The zero-order chi connectivity index (χ0) is 14.7. The van der Waals surface area contributed by atoms with E-state index >= 15 is 0 Å². The molecule has 0 spiro atoms. The second-order valence-electron chi connectivity index (χ2n) is 4.41. The standard InChI is InChI=1S/C15H14ClF2NO/c1-9(19-2)10-3-4-15(14(16)5-10)20-13-7-11(17)6-12(18)8-13/h3-9,19H,1-2H3. The summed E-state index contributed by atoms with van der Waals surface area (Å²) in [5.41, 5.74) is 0.996. The van der Waals surface area contributed by atoms with E-state index in [1.807, 2.05) is 20.0 Å². The molecule has 2 nitrogen and oxygen atoms in total. The molecule has 0 amide bonds. The van der Waals surface area contributed by atoms with Crippen LogP contribution in [0.5, 0.6) is 11.5 Å². The third kappa shape index (κ3) is 3.46. The Kier molecular flexibility index (Phi) is 4.57. The fourth-order valence-electron chi connectivity index (χ4n) is 1.75. The maximum Gasteiger partial charge on any atom is 0.146 e. The Hall–Kier alpha value is -1.65. The van der Waals surface area contributed by atoms with Crippen molar-refractivity contribution in [1.29, 1.82) is 0 Å². The summed E-state index contributed by atoms with van der Waals surface area (Å²) in [6, 6.07) is 8.41. The molecule has 0 saturated carbocycles. The van der Waals surface area contributed by atoms with Crippen molar-refractivity contribution >= 4 is 11.6 Å². The molecule has 0 aliphatic rings. The van der Waals surface area contributed by atoms with Gasteiger partial charge in [-0.3, -0.25) is 0 Å². The second kappa shape index (κ2) is 6.20. The van der Waals surface area contributed by atoms with E-state index in [2.05, 4.69) is 5.32 Å². The monoisotopic (exact) mass is 297 g/mol. The van der Waals surface area contributed by atoms with Crippen LogP contribution in [-0.2, 0) is 0 Å². The lowest BCUT2D eigenvalue weighted by atomic mass is 10.1. The molecular weight excluding hydrogens is 284 g/mol. The zero-order valence-corrected chi connectivity index (χ0v) is 11.8. The van der Waals surface area contributed by atoms with Crippen molar-refractivity contribution in [2.45, 2.75) is 13.0 Å². The van der Waals surface area contributed by atoms with Crippen molar-refractivity contribution in [3.8, 4) is 11.5 Å². The highest BCUT2D eigenvalue weighted by Gasteiger charge is 2.09. The van der Waals surface area contributed by atoms with Gasteiger partial charge >= 0.3 is 0 Å². The topological polar surface area (TPSA) is 21.3 Å². The molecule has 0 radical (unpaired) electrons. The summed E-state index contributed by atoms with van der Waals surface area (Å²) < 4.78 is 31.6. The van der Waals surface area contributed by atoms with Crippen molar-refractivity contribution in [3.63, 3.8) is 0 Å². The highest BCUT2D eigenvalue weighted by atomic mass is 35.5. The van der Waals surface area contributed by atoms with E-state index in [9.17, 15) is 8.78 Å². The molecule has 0 aliphatic carbocycles. The number of rotatable bonds is 4. The quantitative estimate of drug-likeness (QED) is 0.884. The molecule has 1 N–H and O–H groups in total. The Morgan fingerprint density at radius 3 is 2.30 bits per heavy atom. The van der Waals surface area contributed by atoms with E-state index in [-0.39, 0.29) is 11.8 Å². The molecule has 0 saturated heterocycles. The van der Waals surface area contributed by atoms with E-state index in [1.54, 1.807) is 12.1 Å². The van der Waals surface area contributed by atoms with Crippen LogP contribution in [0, 0.1) is 11.6 Å². The third-order valence-corrected chi connectivity index (χ3v) is 3.25. The molecule has 2 aromatic rings. The Morgan fingerprint density at radius 1 is 1.10 bits per heavy atom. The molecule has 1 unspecified atom stereocenters. The summed E-state index contributed by atoms with van der Waals surface area (Å²) >= 11 is 6.12. The lowest BCUT2D eigenvalue weighted by molar-refractivity contribution is 0.468. The van der Waals surface area contributed by atoms with Crippen LogP contribution >= 0.6 is 11.6 Å². The van der Waals surface area contributed by atoms with Gasteiger partial charge in [-0.25, -0.2) is 8.78 Å². The summed E-state index contributed by atoms with van der Waals surface area (Å²) in [6.07, 6.45) is 0. The van der Waals surface area contributed by atoms with Gasteiger partial charge in [0, 0.05) is 24.2 Å². The van der Waals surface area contributed by atoms with Crippen molar-refractivity contribution in [2.24, 2.45) is 0 Å². The van der Waals surface area contributed by atoms with Crippen LogP contribution in [0.2, 0.25) is 5.02 Å². The number of ether oxygens (including phenoxy) is 1. The van der Waals surface area contributed by atoms with Crippen LogP contribution in [0.4, 0.5) is 8.78 Å². The number of hydrogen-bond acceptors (Lipinski definition) is 2. The number of benzene rings is 2. The molecule has 0 aromatic heterocycles. The molecule has 0 heterocycles. The lowest BCUT2D eigenvalue weighted by Crippen LogP contribution is -2.12. The predicted molar refractivity (Wildman–Crippen MR) is 75.4 cm³/mol. The summed E-state index contributed by atoms with van der Waals surface area (Å²) in [7, 11) is 1.85. The van der Waals surface area contributed by atoms with Crippen LogP contribution in [0.25, 0.3) is 0 Å². The molecule has 106 valence electrons. The lowest BCUT2D eigenvalue weighted by Gasteiger charge is -2.13. The number of nitrogens with one attached hydrogen (secondary N) is 1. The summed E-state index contributed by atoms with van der Waals surface area (Å²) in [6.45, 7) is 1.99. The molecule has 2 aromatic carbocycles. The van der Waals surface area contributed by atoms with Gasteiger partial charge in [-0.1, -0.05) is 17.7 Å². The van der Waals surface area contributed by atoms with Crippen molar-refractivity contribution in [3.05, 3.63) is 58.6 Å². The van der Waals surface area contributed by atoms with Gasteiger partial charge in [-0.2, -0.15) is 0 Å². The normalized spacial score (nSPS) is 12.2. The smallest absolute Gasteiger partial charge is 0.146 e. The average Bonchev–Trinajstić information content (AvgIpc) is 2.39. The van der Waals surface area contributed by atoms with Gasteiger partial charge in [-0.05, 0) is 31.7 Å². The molecule has 20 heavy (non-hydrogen) atoms. The highest BCUT2D eigenvalue weighted by molar-refractivity contribution is 6.32. The summed E-state index contributed by atoms with van der Waals surface area (Å²) in [5.74, 6) is -0.976. The Morgan fingerprint density at radius 2 is 1.75 bits per heavy atom. The minimum Gasteiger partial charge on any atom is -0.456 e. The van der Waals surface area contributed by atoms with Crippen LogP contribution in [0.1, 0.15) is 18.5 Å². The van der Waals surface area contributed by atoms with E-state index in [0.29, 0.717) is 10.8 Å². The first-order valence-corrected chi connectivity index (χ1v) is 6.48. The number of halogens is 3. The molecule has 0 aliphatic heterocycles. The van der Waals surface area contributed by atoms with Gasteiger partial charge in [-0.15, -0.1) is 0 Å². The average molecular weight is 298 g/mol. The molecule has 1 atom stereocenters. The van der Waals surface area contributed by atoms with Crippen LogP contribution in [0.3, 0.4) is 0 Å². The maximum atomic E-state index is 13.1. The first-order valence-electron chi connectivity index (χ1n) is 6.10. The van der Waals surface area contributed by atoms with E-state index < -0.39 is 11.6 Å². The second-order valence-corrected chi connectivity index (χ2v) is 4.81. The largest absolute Gasteiger partial charge is 0.456 e. The van der Waals surface area contributed by atoms with E-state index in [4.69, 9.17) is 16.3 Å². The van der Waals surface area contributed by atoms with Gasteiger partial charge < -0.3 is 10.1 Å².